The largest absolute Gasteiger partial charge is 0.469 e. The molecular formula is C13H20BrNO2S. The first-order valence-electron chi connectivity index (χ1n) is 5.83. The van der Waals surface area contributed by atoms with E-state index in [0.29, 0.717) is 6.42 Å². The van der Waals surface area contributed by atoms with Crippen LogP contribution < -0.4 is 5.73 Å². The smallest absolute Gasteiger partial charge is 0.306 e. The maximum absolute atomic E-state index is 11.3. The molecule has 1 unspecified atom stereocenters. The standard InChI is InChI=1S/C13H20BrNO2S/c1-8-5-9(14)12(18-8)10(15)6-13(2,3)7-11(16)17-4/h5,10H,6-7,15H2,1-4H3. The summed E-state index contributed by atoms with van der Waals surface area (Å²) in [5, 5.41) is 0. The fraction of sp³-hybridized carbons (Fsp3) is 0.615. The van der Waals surface area contributed by atoms with Crippen LogP contribution in [0.4, 0.5) is 0 Å². The fourth-order valence-corrected chi connectivity index (χ4v) is 3.92. The number of halogens is 1. The maximum Gasteiger partial charge on any atom is 0.306 e. The van der Waals surface area contributed by atoms with Gasteiger partial charge in [-0.25, -0.2) is 0 Å². The summed E-state index contributed by atoms with van der Waals surface area (Å²) in [5.41, 5.74) is 6.08. The Morgan fingerprint density at radius 1 is 1.61 bits per heavy atom. The molecule has 1 aromatic heterocycles. The van der Waals surface area contributed by atoms with Crippen LogP contribution >= 0.6 is 27.3 Å². The molecule has 102 valence electrons. The number of carbonyl (C=O) groups is 1. The van der Waals surface area contributed by atoms with Crippen LogP contribution in [-0.2, 0) is 9.53 Å². The molecule has 0 aliphatic rings. The normalized spacial score (nSPS) is 13.4. The second kappa shape index (κ2) is 6.17. The van der Waals surface area contributed by atoms with Crippen LogP contribution in [0.15, 0.2) is 10.5 Å². The number of hydrogen-bond donors (Lipinski definition) is 1. The zero-order chi connectivity index (χ0) is 13.9. The molecule has 5 heteroatoms. The lowest BCUT2D eigenvalue weighted by Gasteiger charge is -2.26. The minimum atomic E-state index is -0.186. The molecule has 0 bridgehead atoms. The first kappa shape index (κ1) is 15.7. The molecule has 1 heterocycles. The Hall–Kier alpha value is -0.390. The third-order valence-corrected chi connectivity index (χ3v) is 4.90. The molecule has 0 saturated carbocycles. The lowest BCUT2D eigenvalue weighted by atomic mass is 9.82. The number of rotatable bonds is 5. The van der Waals surface area contributed by atoms with Crippen LogP contribution in [0, 0.1) is 12.3 Å². The van der Waals surface area contributed by atoms with Crippen LogP contribution in [0.2, 0.25) is 0 Å². The SMILES string of the molecule is COC(=O)CC(C)(C)CC(N)c1sc(C)cc1Br. The fourth-order valence-electron chi connectivity index (χ4n) is 1.98. The lowest BCUT2D eigenvalue weighted by Crippen LogP contribution is -2.24. The van der Waals surface area contributed by atoms with E-state index >= 15 is 0 Å². The first-order chi connectivity index (χ1) is 8.25. The molecule has 2 N–H and O–H groups in total. The first-order valence-corrected chi connectivity index (χ1v) is 7.44. The molecule has 1 aromatic rings. The average Bonchev–Trinajstić information content (AvgIpc) is 2.56. The van der Waals surface area contributed by atoms with E-state index in [1.54, 1.807) is 11.3 Å². The van der Waals surface area contributed by atoms with E-state index in [4.69, 9.17) is 10.5 Å². The van der Waals surface area contributed by atoms with E-state index in [2.05, 4.69) is 28.9 Å². The quantitative estimate of drug-likeness (QED) is 0.834. The summed E-state index contributed by atoms with van der Waals surface area (Å²) in [4.78, 5) is 13.7. The molecule has 0 radical (unpaired) electrons. The van der Waals surface area contributed by atoms with E-state index < -0.39 is 0 Å². The van der Waals surface area contributed by atoms with Crippen molar-refractivity contribution in [3.8, 4) is 0 Å². The summed E-state index contributed by atoms with van der Waals surface area (Å²) in [5.74, 6) is -0.186. The van der Waals surface area contributed by atoms with E-state index in [-0.39, 0.29) is 17.4 Å². The van der Waals surface area contributed by atoms with E-state index in [9.17, 15) is 4.79 Å². The van der Waals surface area contributed by atoms with Crippen LogP contribution in [0.5, 0.6) is 0 Å². The van der Waals surface area contributed by atoms with Crippen molar-refractivity contribution in [2.75, 3.05) is 7.11 Å². The predicted octanol–water partition coefficient (Wildman–Crippen LogP) is 3.80. The van der Waals surface area contributed by atoms with Gasteiger partial charge in [-0.1, -0.05) is 13.8 Å². The Balaban J connectivity index is 2.71. The molecule has 0 aliphatic carbocycles. The number of hydrogen-bond acceptors (Lipinski definition) is 4. The zero-order valence-corrected chi connectivity index (χ0v) is 13.7. The van der Waals surface area contributed by atoms with Gasteiger partial charge in [0.25, 0.3) is 0 Å². The van der Waals surface area contributed by atoms with Gasteiger partial charge in [0.15, 0.2) is 0 Å². The van der Waals surface area contributed by atoms with Gasteiger partial charge >= 0.3 is 5.97 Å². The number of ether oxygens (including phenoxy) is 1. The van der Waals surface area contributed by atoms with Crippen molar-refractivity contribution in [3.63, 3.8) is 0 Å². The molecule has 3 nitrogen and oxygen atoms in total. The molecule has 0 aliphatic heterocycles. The van der Waals surface area contributed by atoms with Gasteiger partial charge in [-0.2, -0.15) is 0 Å². The Labute approximate surface area is 121 Å². The minimum absolute atomic E-state index is 0.0577. The van der Waals surface area contributed by atoms with Crippen LogP contribution in [-0.4, -0.2) is 13.1 Å². The van der Waals surface area contributed by atoms with Crippen molar-refractivity contribution in [3.05, 3.63) is 20.3 Å². The Morgan fingerprint density at radius 3 is 2.67 bits per heavy atom. The van der Waals surface area contributed by atoms with Crippen molar-refractivity contribution >= 4 is 33.2 Å². The van der Waals surface area contributed by atoms with Crippen molar-refractivity contribution in [2.24, 2.45) is 11.1 Å². The molecule has 18 heavy (non-hydrogen) atoms. The van der Waals surface area contributed by atoms with E-state index in [0.717, 1.165) is 15.8 Å². The van der Waals surface area contributed by atoms with Gasteiger partial charge < -0.3 is 10.5 Å². The van der Waals surface area contributed by atoms with Crippen LogP contribution in [0.25, 0.3) is 0 Å². The van der Waals surface area contributed by atoms with Crippen molar-refractivity contribution in [2.45, 2.75) is 39.7 Å². The van der Waals surface area contributed by atoms with Crippen molar-refractivity contribution < 1.29 is 9.53 Å². The number of nitrogens with two attached hydrogens (primary N) is 1. The third kappa shape index (κ3) is 4.37. The van der Waals surface area contributed by atoms with Gasteiger partial charge in [0, 0.05) is 20.3 Å². The highest BCUT2D eigenvalue weighted by Gasteiger charge is 2.27. The molecule has 1 atom stereocenters. The molecule has 0 spiro atoms. The van der Waals surface area contributed by atoms with Gasteiger partial charge in [-0.3, -0.25) is 4.79 Å². The Bertz CT molecular complexity index is 429. The van der Waals surface area contributed by atoms with Gasteiger partial charge in [-0.15, -0.1) is 11.3 Å². The minimum Gasteiger partial charge on any atom is -0.469 e. The zero-order valence-electron chi connectivity index (χ0n) is 11.2. The van der Waals surface area contributed by atoms with Crippen LogP contribution in [0.1, 0.15) is 42.5 Å². The number of methoxy groups -OCH3 is 1. The topological polar surface area (TPSA) is 52.3 Å². The molecular weight excluding hydrogens is 314 g/mol. The second-order valence-corrected chi connectivity index (χ2v) is 7.44. The summed E-state index contributed by atoms with van der Waals surface area (Å²) in [7, 11) is 1.41. The number of aryl methyl sites for hydroxylation is 1. The average molecular weight is 334 g/mol. The maximum atomic E-state index is 11.3. The highest BCUT2D eigenvalue weighted by atomic mass is 79.9. The van der Waals surface area contributed by atoms with Gasteiger partial charge in [-0.05, 0) is 40.8 Å². The van der Waals surface area contributed by atoms with Crippen molar-refractivity contribution in [1.29, 1.82) is 0 Å². The number of carbonyl (C=O) groups excluding carboxylic acids is 1. The van der Waals surface area contributed by atoms with Gasteiger partial charge in [0.2, 0.25) is 0 Å². The Kier molecular flexibility index (Phi) is 5.37. The summed E-state index contributed by atoms with van der Waals surface area (Å²) >= 11 is 5.23. The van der Waals surface area contributed by atoms with E-state index in [1.807, 2.05) is 13.8 Å². The summed E-state index contributed by atoms with van der Waals surface area (Å²) in [6, 6.07) is 2.02. The number of esters is 1. The highest BCUT2D eigenvalue weighted by molar-refractivity contribution is 9.10. The number of thiophene rings is 1. The van der Waals surface area contributed by atoms with Crippen molar-refractivity contribution in [1.82, 2.24) is 0 Å². The third-order valence-electron chi connectivity index (χ3n) is 2.80. The van der Waals surface area contributed by atoms with Gasteiger partial charge in [0.05, 0.1) is 13.5 Å². The Morgan fingerprint density at radius 2 is 2.22 bits per heavy atom. The molecule has 0 amide bonds. The summed E-state index contributed by atoms with van der Waals surface area (Å²) in [6.45, 7) is 6.14. The highest BCUT2D eigenvalue weighted by Crippen LogP contribution is 2.38. The lowest BCUT2D eigenvalue weighted by molar-refractivity contribution is -0.143. The molecule has 0 fully saturated rings. The summed E-state index contributed by atoms with van der Waals surface area (Å²) in [6.07, 6.45) is 1.14. The molecule has 0 saturated heterocycles. The predicted molar refractivity (Wildman–Crippen MR) is 78.7 cm³/mol. The van der Waals surface area contributed by atoms with Gasteiger partial charge in [0.1, 0.15) is 0 Å². The van der Waals surface area contributed by atoms with Crippen LogP contribution in [0.3, 0.4) is 0 Å². The monoisotopic (exact) mass is 333 g/mol. The second-order valence-electron chi connectivity index (χ2n) is 5.30. The summed E-state index contributed by atoms with van der Waals surface area (Å²) < 4.78 is 5.78. The molecule has 0 aromatic carbocycles. The molecule has 1 rings (SSSR count). The van der Waals surface area contributed by atoms with E-state index in [1.165, 1.54) is 12.0 Å².